The molecule has 3 aromatic carbocycles. The molecule has 0 aromatic heterocycles. The molecule has 2 N–H and O–H groups in total. The van der Waals surface area contributed by atoms with Crippen LogP contribution in [0.1, 0.15) is 44.3 Å². The Morgan fingerprint density at radius 2 is 1.33 bits per heavy atom. The third-order valence-corrected chi connectivity index (χ3v) is 4.90. The topological polar surface area (TPSA) is 80.5 Å². The molecule has 0 bridgehead atoms. The van der Waals surface area contributed by atoms with Gasteiger partial charge in [0.2, 0.25) is 11.8 Å². The molecular weight excluding hydrogens is 376 g/mol. The van der Waals surface area contributed by atoms with E-state index in [1.54, 1.807) is 17.0 Å². The first-order valence-corrected chi connectivity index (χ1v) is 9.73. The number of benzene rings is 3. The molecular formula is C25H24N2O3. The van der Waals surface area contributed by atoms with E-state index in [2.05, 4.69) is 0 Å². The van der Waals surface area contributed by atoms with Crippen LogP contribution in [-0.4, -0.2) is 22.5 Å². The van der Waals surface area contributed by atoms with Crippen molar-refractivity contribution < 1.29 is 14.4 Å². The molecule has 0 unspecified atom stereocenters. The second kappa shape index (κ2) is 9.65. The first-order valence-electron chi connectivity index (χ1n) is 9.73. The van der Waals surface area contributed by atoms with Gasteiger partial charge in [-0.3, -0.25) is 14.4 Å². The van der Waals surface area contributed by atoms with Crippen LogP contribution in [-0.2, 0) is 24.3 Å². The molecule has 0 saturated carbocycles. The Morgan fingerprint density at radius 3 is 1.80 bits per heavy atom. The third-order valence-electron chi connectivity index (χ3n) is 4.90. The number of hydrogen-bond acceptors (Lipinski definition) is 3. The highest BCUT2D eigenvalue weighted by molar-refractivity contribution is 5.99. The number of hydrogen-bond donors (Lipinski definition) is 1. The van der Waals surface area contributed by atoms with E-state index < -0.39 is 5.91 Å². The fourth-order valence-electron chi connectivity index (χ4n) is 3.31. The molecule has 2 amide bonds. The number of amides is 2. The highest BCUT2D eigenvalue weighted by Crippen LogP contribution is 2.17. The average molecular weight is 400 g/mol. The molecule has 0 aliphatic carbocycles. The Kier molecular flexibility index (Phi) is 6.75. The van der Waals surface area contributed by atoms with Crippen molar-refractivity contribution in [2.24, 2.45) is 5.73 Å². The molecule has 3 rings (SSSR count). The monoisotopic (exact) mass is 400 g/mol. The van der Waals surface area contributed by atoms with Crippen LogP contribution in [0, 0.1) is 0 Å². The van der Waals surface area contributed by atoms with Crippen molar-refractivity contribution in [2.45, 2.75) is 26.4 Å². The molecule has 5 nitrogen and oxygen atoms in total. The van der Waals surface area contributed by atoms with Crippen molar-refractivity contribution in [1.82, 2.24) is 4.90 Å². The van der Waals surface area contributed by atoms with Gasteiger partial charge in [-0.05, 0) is 35.7 Å². The summed E-state index contributed by atoms with van der Waals surface area (Å²) in [5, 5.41) is 0. The van der Waals surface area contributed by atoms with E-state index in [0.717, 1.165) is 11.1 Å². The summed E-state index contributed by atoms with van der Waals surface area (Å²) in [6.45, 7) is 2.32. The van der Waals surface area contributed by atoms with Crippen LogP contribution in [0.2, 0.25) is 0 Å². The van der Waals surface area contributed by atoms with Gasteiger partial charge in [0.25, 0.3) is 0 Å². The summed E-state index contributed by atoms with van der Waals surface area (Å²) in [7, 11) is 0. The second-order valence-electron chi connectivity index (χ2n) is 7.19. The predicted octanol–water partition coefficient (Wildman–Crippen LogP) is 3.76. The van der Waals surface area contributed by atoms with Gasteiger partial charge < -0.3 is 10.6 Å². The number of primary amides is 1. The van der Waals surface area contributed by atoms with Crippen LogP contribution in [0.15, 0.2) is 78.9 Å². The zero-order chi connectivity index (χ0) is 21.5. The number of nitrogens with two attached hydrogens (primary N) is 1. The van der Waals surface area contributed by atoms with Crippen molar-refractivity contribution in [3.8, 4) is 0 Å². The summed E-state index contributed by atoms with van der Waals surface area (Å²) < 4.78 is 0. The number of nitrogens with zero attached hydrogens (tertiary/aromatic N) is 1. The Balaban J connectivity index is 1.90. The SMILES string of the molecule is CC(=O)c1ccc(C(N)=O)c(CC(=O)N(Cc2ccccc2)Cc2ccccc2)c1. The van der Waals surface area contributed by atoms with E-state index in [1.165, 1.54) is 13.0 Å². The van der Waals surface area contributed by atoms with Gasteiger partial charge in [-0.1, -0.05) is 66.7 Å². The van der Waals surface area contributed by atoms with Crippen LogP contribution >= 0.6 is 0 Å². The molecule has 0 aliphatic rings. The van der Waals surface area contributed by atoms with E-state index in [1.807, 2.05) is 60.7 Å². The molecule has 0 saturated heterocycles. The zero-order valence-electron chi connectivity index (χ0n) is 16.9. The minimum atomic E-state index is -0.620. The van der Waals surface area contributed by atoms with Gasteiger partial charge in [0, 0.05) is 24.2 Å². The maximum Gasteiger partial charge on any atom is 0.248 e. The quantitative estimate of drug-likeness (QED) is 0.585. The molecule has 0 aliphatic heterocycles. The maximum absolute atomic E-state index is 13.3. The summed E-state index contributed by atoms with van der Waals surface area (Å²) in [5.41, 5.74) is 8.67. The minimum absolute atomic E-state index is 0.0148. The van der Waals surface area contributed by atoms with Crippen LogP contribution < -0.4 is 5.73 Å². The van der Waals surface area contributed by atoms with Gasteiger partial charge in [0.05, 0.1) is 6.42 Å². The summed E-state index contributed by atoms with van der Waals surface area (Å²) in [5.74, 6) is -0.901. The van der Waals surface area contributed by atoms with Crippen LogP contribution in [0.5, 0.6) is 0 Å². The normalized spacial score (nSPS) is 10.4. The second-order valence-corrected chi connectivity index (χ2v) is 7.19. The molecule has 0 atom stereocenters. The minimum Gasteiger partial charge on any atom is -0.366 e. The summed E-state index contributed by atoms with van der Waals surface area (Å²) in [4.78, 5) is 38.6. The summed E-state index contributed by atoms with van der Waals surface area (Å²) in [6, 6.07) is 24.1. The van der Waals surface area contributed by atoms with E-state index in [-0.39, 0.29) is 23.7 Å². The number of ketones is 1. The van der Waals surface area contributed by atoms with E-state index in [9.17, 15) is 14.4 Å². The van der Waals surface area contributed by atoms with Gasteiger partial charge in [0.1, 0.15) is 0 Å². The molecule has 3 aromatic rings. The highest BCUT2D eigenvalue weighted by atomic mass is 16.2. The Labute approximate surface area is 176 Å². The molecule has 0 fully saturated rings. The highest BCUT2D eigenvalue weighted by Gasteiger charge is 2.19. The summed E-state index contributed by atoms with van der Waals surface area (Å²) in [6.07, 6.45) is -0.0148. The fraction of sp³-hybridized carbons (Fsp3) is 0.160. The standard InChI is InChI=1S/C25H24N2O3/c1-18(28)21-12-13-23(25(26)30)22(14-21)15-24(29)27(16-19-8-4-2-5-9-19)17-20-10-6-3-7-11-20/h2-14H,15-17H2,1H3,(H2,26,30). The summed E-state index contributed by atoms with van der Waals surface area (Å²) >= 11 is 0. The lowest BCUT2D eigenvalue weighted by Crippen LogP contribution is -2.32. The van der Waals surface area contributed by atoms with Crippen molar-refractivity contribution in [1.29, 1.82) is 0 Å². The van der Waals surface area contributed by atoms with Crippen LogP contribution in [0.3, 0.4) is 0 Å². The van der Waals surface area contributed by atoms with Crippen molar-refractivity contribution in [3.63, 3.8) is 0 Å². The van der Waals surface area contributed by atoms with Gasteiger partial charge in [-0.2, -0.15) is 0 Å². The Morgan fingerprint density at radius 1 is 0.800 bits per heavy atom. The first kappa shape index (κ1) is 21.0. The van der Waals surface area contributed by atoms with Gasteiger partial charge in [-0.25, -0.2) is 0 Å². The van der Waals surface area contributed by atoms with E-state index in [0.29, 0.717) is 24.2 Å². The third kappa shape index (κ3) is 5.41. The first-order chi connectivity index (χ1) is 14.4. The number of Topliss-reactive ketones (excluding diaryl/α,β-unsaturated/α-hetero) is 1. The lowest BCUT2D eigenvalue weighted by atomic mass is 9.98. The Bertz CT molecular complexity index is 1010. The Hall–Kier alpha value is -3.73. The fourth-order valence-corrected chi connectivity index (χ4v) is 3.31. The molecule has 5 heteroatoms. The maximum atomic E-state index is 13.3. The van der Waals surface area contributed by atoms with Crippen LogP contribution in [0.25, 0.3) is 0 Å². The molecule has 30 heavy (non-hydrogen) atoms. The number of rotatable bonds is 8. The molecule has 0 spiro atoms. The van der Waals surface area contributed by atoms with Crippen molar-refractivity contribution >= 4 is 17.6 Å². The number of carbonyl (C=O) groups excluding carboxylic acids is 3. The van der Waals surface area contributed by atoms with Crippen LogP contribution in [0.4, 0.5) is 0 Å². The van der Waals surface area contributed by atoms with Gasteiger partial charge in [0.15, 0.2) is 5.78 Å². The zero-order valence-corrected chi connectivity index (χ0v) is 16.9. The largest absolute Gasteiger partial charge is 0.366 e. The molecule has 152 valence electrons. The van der Waals surface area contributed by atoms with Gasteiger partial charge in [-0.15, -0.1) is 0 Å². The average Bonchev–Trinajstić information content (AvgIpc) is 2.74. The van der Waals surface area contributed by atoms with Crippen molar-refractivity contribution in [3.05, 3.63) is 107 Å². The van der Waals surface area contributed by atoms with Crippen molar-refractivity contribution in [2.75, 3.05) is 0 Å². The predicted molar refractivity (Wildman–Crippen MR) is 116 cm³/mol. The van der Waals surface area contributed by atoms with E-state index >= 15 is 0 Å². The lowest BCUT2D eigenvalue weighted by Gasteiger charge is -2.24. The number of carbonyl (C=O) groups is 3. The van der Waals surface area contributed by atoms with E-state index in [4.69, 9.17) is 5.73 Å². The molecule has 0 heterocycles. The van der Waals surface area contributed by atoms with Gasteiger partial charge >= 0.3 is 0 Å². The molecule has 0 radical (unpaired) electrons. The lowest BCUT2D eigenvalue weighted by molar-refractivity contribution is -0.131. The smallest absolute Gasteiger partial charge is 0.248 e.